The second kappa shape index (κ2) is 8.85. The maximum Gasteiger partial charge on any atom is 0.203 e. The molecule has 0 spiro atoms. The van der Waals surface area contributed by atoms with E-state index in [2.05, 4.69) is 27.0 Å². The van der Waals surface area contributed by atoms with Crippen molar-refractivity contribution in [3.8, 4) is 17.2 Å². The first kappa shape index (κ1) is 21.0. The molecule has 0 fully saturated rings. The van der Waals surface area contributed by atoms with Gasteiger partial charge in [0, 0.05) is 30.7 Å². The SMILES string of the molecule is COc1cc(C2c3cccn3CCN2C(=S)Nc2cccc(F)c2)cc(OC)c1OC. The van der Waals surface area contributed by atoms with Crippen molar-refractivity contribution in [3.05, 3.63) is 71.8 Å². The summed E-state index contributed by atoms with van der Waals surface area (Å²) >= 11 is 5.75. The standard InChI is InChI=1S/C23H24FN3O3S/c1-28-19-12-15(13-20(29-2)22(19)30-3)21-18-8-5-9-26(18)10-11-27(21)23(31)25-17-7-4-6-16(24)14-17/h4-9,12-14,21H,10-11H2,1-3H3,(H,25,31). The second-order valence-electron chi connectivity index (χ2n) is 7.12. The van der Waals surface area contributed by atoms with E-state index in [1.165, 1.54) is 12.1 Å². The Labute approximate surface area is 186 Å². The first-order valence-electron chi connectivity index (χ1n) is 9.84. The number of halogens is 1. The number of aromatic nitrogens is 1. The highest BCUT2D eigenvalue weighted by atomic mass is 32.1. The van der Waals surface area contributed by atoms with E-state index in [1.807, 2.05) is 18.2 Å². The highest BCUT2D eigenvalue weighted by Gasteiger charge is 2.32. The van der Waals surface area contributed by atoms with Gasteiger partial charge in [0.2, 0.25) is 5.75 Å². The Bertz CT molecular complexity index is 1080. The fraction of sp³-hybridized carbons (Fsp3) is 0.261. The number of hydrogen-bond acceptors (Lipinski definition) is 4. The van der Waals surface area contributed by atoms with Gasteiger partial charge in [-0.25, -0.2) is 4.39 Å². The van der Waals surface area contributed by atoms with Crippen LogP contribution in [0.1, 0.15) is 17.3 Å². The molecule has 8 heteroatoms. The highest BCUT2D eigenvalue weighted by molar-refractivity contribution is 7.80. The molecule has 162 valence electrons. The summed E-state index contributed by atoms with van der Waals surface area (Å²) in [5, 5.41) is 3.69. The van der Waals surface area contributed by atoms with Crippen LogP contribution in [0.5, 0.6) is 17.2 Å². The minimum atomic E-state index is -0.318. The van der Waals surface area contributed by atoms with Gasteiger partial charge in [-0.3, -0.25) is 0 Å². The van der Waals surface area contributed by atoms with E-state index in [-0.39, 0.29) is 11.9 Å². The van der Waals surface area contributed by atoms with E-state index >= 15 is 0 Å². The molecule has 1 unspecified atom stereocenters. The Morgan fingerprint density at radius 3 is 2.39 bits per heavy atom. The Morgan fingerprint density at radius 2 is 1.74 bits per heavy atom. The molecule has 0 bridgehead atoms. The Morgan fingerprint density at radius 1 is 1.00 bits per heavy atom. The van der Waals surface area contributed by atoms with Crippen LogP contribution in [0, 0.1) is 5.82 Å². The van der Waals surface area contributed by atoms with Gasteiger partial charge in [-0.15, -0.1) is 0 Å². The van der Waals surface area contributed by atoms with Crippen molar-refractivity contribution in [3.63, 3.8) is 0 Å². The molecule has 1 aliphatic heterocycles. The van der Waals surface area contributed by atoms with Gasteiger partial charge in [0.15, 0.2) is 16.6 Å². The summed E-state index contributed by atoms with van der Waals surface area (Å²) in [5.41, 5.74) is 2.64. The van der Waals surface area contributed by atoms with Crippen LogP contribution < -0.4 is 19.5 Å². The van der Waals surface area contributed by atoms with Gasteiger partial charge in [-0.1, -0.05) is 6.07 Å². The van der Waals surface area contributed by atoms with E-state index in [9.17, 15) is 4.39 Å². The van der Waals surface area contributed by atoms with Crippen molar-refractivity contribution in [2.45, 2.75) is 12.6 Å². The lowest BCUT2D eigenvalue weighted by Crippen LogP contribution is -2.44. The molecule has 0 amide bonds. The monoisotopic (exact) mass is 441 g/mol. The van der Waals surface area contributed by atoms with Crippen LogP contribution in [0.2, 0.25) is 0 Å². The topological polar surface area (TPSA) is 47.9 Å². The molecule has 1 atom stereocenters. The average molecular weight is 442 g/mol. The Hall–Kier alpha value is -3.26. The number of methoxy groups -OCH3 is 3. The van der Waals surface area contributed by atoms with Gasteiger partial charge < -0.3 is 29.0 Å². The summed E-state index contributed by atoms with van der Waals surface area (Å²) < 4.78 is 32.5. The van der Waals surface area contributed by atoms with Crippen LogP contribution in [-0.4, -0.2) is 42.5 Å². The molecule has 1 aliphatic rings. The molecule has 3 aromatic rings. The number of anilines is 1. The van der Waals surface area contributed by atoms with Crippen LogP contribution in [0.3, 0.4) is 0 Å². The fourth-order valence-electron chi connectivity index (χ4n) is 3.97. The molecule has 1 N–H and O–H groups in total. The number of nitrogens with zero attached hydrogens (tertiary/aromatic N) is 2. The fourth-order valence-corrected chi connectivity index (χ4v) is 4.29. The van der Waals surface area contributed by atoms with E-state index in [0.717, 1.165) is 17.8 Å². The highest BCUT2D eigenvalue weighted by Crippen LogP contribution is 2.43. The molecule has 2 heterocycles. The number of fused-ring (bicyclic) bond motifs is 1. The average Bonchev–Trinajstić information content (AvgIpc) is 3.26. The van der Waals surface area contributed by atoms with Crippen LogP contribution in [0.25, 0.3) is 0 Å². The molecule has 2 aromatic carbocycles. The Balaban J connectivity index is 1.76. The number of benzene rings is 2. The number of rotatable bonds is 5. The molecule has 6 nitrogen and oxygen atoms in total. The quantitative estimate of drug-likeness (QED) is 0.590. The summed E-state index contributed by atoms with van der Waals surface area (Å²) in [6.45, 7) is 1.47. The smallest absolute Gasteiger partial charge is 0.203 e. The van der Waals surface area contributed by atoms with Gasteiger partial charge in [0.05, 0.1) is 27.4 Å². The van der Waals surface area contributed by atoms with E-state index in [1.54, 1.807) is 33.5 Å². The molecule has 1 aromatic heterocycles. The maximum absolute atomic E-state index is 13.7. The van der Waals surface area contributed by atoms with Gasteiger partial charge in [0.25, 0.3) is 0 Å². The van der Waals surface area contributed by atoms with Gasteiger partial charge in [-0.05, 0) is 60.2 Å². The first-order chi connectivity index (χ1) is 15.0. The number of ether oxygens (including phenoxy) is 3. The molecule has 4 rings (SSSR count). The third kappa shape index (κ3) is 4.03. The molecule has 31 heavy (non-hydrogen) atoms. The predicted molar refractivity (Wildman–Crippen MR) is 122 cm³/mol. The third-order valence-corrected chi connectivity index (χ3v) is 5.71. The second-order valence-corrected chi connectivity index (χ2v) is 7.51. The zero-order valence-electron chi connectivity index (χ0n) is 17.6. The van der Waals surface area contributed by atoms with Crippen molar-refractivity contribution in [2.24, 2.45) is 0 Å². The van der Waals surface area contributed by atoms with Crippen LogP contribution in [0.4, 0.5) is 10.1 Å². The lowest BCUT2D eigenvalue weighted by atomic mass is 9.99. The number of thiocarbonyl (C=S) groups is 1. The van der Waals surface area contributed by atoms with Crippen molar-refractivity contribution in [2.75, 3.05) is 33.2 Å². The summed E-state index contributed by atoms with van der Waals surface area (Å²) in [4.78, 5) is 2.09. The lowest BCUT2D eigenvalue weighted by Gasteiger charge is -2.39. The maximum atomic E-state index is 13.7. The van der Waals surface area contributed by atoms with E-state index < -0.39 is 0 Å². The summed E-state index contributed by atoms with van der Waals surface area (Å²) in [6.07, 6.45) is 2.06. The molecule has 0 radical (unpaired) electrons. The molecular weight excluding hydrogens is 417 g/mol. The van der Waals surface area contributed by atoms with Crippen molar-refractivity contribution in [1.82, 2.24) is 9.47 Å². The van der Waals surface area contributed by atoms with Gasteiger partial charge in [0.1, 0.15) is 5.82 Å². The lowest BCUT2D eigenvalue weighted by molar-refractivity contribution is 0.288. The zero-order chi connectivity index (χ0) is 22.0. The molecule has 0 saturated carbocycles. The molecular formula is C23H24FN3O3S. The normalized spacial score (nSPS) is 15.2. The predicted octanol–water partition coefficient (Wildman–Crippen LogP) is 4.46. The zero-order valence-corrected chi connectivity index (χ0v) is 18.4. The summed E-state index contributed by atoms with van der Waals surface area (Å²) in [7, 11) is 4.77. The van der Waals surface area contributed by atoms with E-state index in [0.29, 0.717) is 34.6 Å². The van der Waals surface area contributed by atoms with Crippen molar-refractivity contribution >= 4 is 23.0 Å². The molecule has 0 saturated heterocycles. The van der Waals surface area contributed by atoms with E-state index in [4.69, 9.17) is 26.4 Å². The summed E-state index contributed by atoms with van der Waals surface area (Å²) in [6, 6.07) is 14.0. The van der Waals surface area contributed by atoms with Crippen molar-refractivity contribution < 1.29 is 18.6 Å². The molecule has 0 aliphatic carbocycles. The first-order valence-corrected chi connectivity index (χ1v) is 10.2. The van der Waals surface area contributed by atoms with Crippen LogP contribution >= 0.6 is 12.2 Å². The minimum absolute atomic E-state index is 0.189. The largest absolute Gasteiger partial charge is 0.493 e. The van der Waals surface area contributed by atoms with Gasteiger partial charge >= 0.3 is 0 Å². The number of nitrogens with one attached hydrogen (secondary N) is 1. The third-order valence-electron chi connectivity index (χ3n) is 5.38. The van der Waals surface area contributed by atoms with Crippen molar-refractivity contribution in [1.29, 1.82) is 0 Å². The minimum Gasteiger partial charge on any atom is -0.493 e. The van der Waals surface area contributed by atoms with Gasteiger partial charge in [-0.2, -0.15) is 0 Å². The Kier molecular flexibility index (Phi) is 5.99. The summed E-state index contributed by atoms with van der Waals surface area (Å²) in [5.74, 6) is 1.36. The van der Waals surface area contributed by atoms with Crippen LogP contribution in [0.15, 0.2) is 54.7 Å². The number of hydrogen-bond donors (Lipinski definition) is 1. The van der Waals surface area contributed by atoms with Crippen LogP contribution in [-0.2, 0) is 6.54 Å².